The third-order valence-corrected chi connectivity index (χ3v) is 7.25. The van der Waals surface area contributed by atoms with Crippen LogP contribution in [0, 0.1) is 0 Å². The van der Waals surface area contributed by atoms with Crippen LogP contribution in [0.15, 0.2) is 47.1 Å². The zero-order valence-electron chi connectivity index (χ0n) is 17.1. The minimum absolute atomic E-state index is 0.0277. The van der Waals surface area contributed by atoms with Gasteiger partial charge < -0.3 is 14.7 Å². The molecule has 0 aliphatic carbocycles. The van der Waals surface area contributed by atoms with Gasteiger partial charge in [-0.1, -0.05) is 11.2 Å². The summed E-state index contributed by atoms with van der Waals surface area (Å²) in [5, 5.41) is 7.95. The highest BCUT2D eigenvalue weighted by Gasteiger charge is 2.35. The minimum Gasteiger partial charge on any atom is -0.351 e. The number of pyridine rings is 1. The Balaban J connectivity index is 1.31. The molecule has 0 spiro atoms. The van der Waals surface area contributed by atoms with Gasteiger partial charge in [0.2, 0.25) is 11.7 Å². The number of carbonyl (C=O) groups excluding carboxylic acids is 2. The van der Waals surface area contributed by atoms with E-state index in [0.717, 1.165) is 39.8 Å². The largest absolute Gasteiger partial charge is 0.351 e. The smallest absolute Gasteiger partial charge is 0.261 e. The van der Waals surface area contributed by atoms with E-state index in [4.69, 9.17) is 4.52 Å². The summed E-state index contributed by atoms with van der Waals surface area (Å²) >= 11 is 1.48. The highest BCUT2D eigenvalue weighted by atomic mass is 32.1. The first-order valence-electron chi connectivity index (χ1n) is 10.6. The molecule has 6 rings (SSSR count). The van der Waals surface area contributed by atoms with Crippen LogP contribution in [0.1, 0.15) is 50.4 Å². The van der Waals surface area contributed by atoms with Gasteiger partial charge >= 0.3 is 0 Å². The molecule has 0 saturated carbocycles. The normalized spacial score (nSPS) is 18.1. The lowest BCUT2D eigenvalue weighted by Gasteiger charge is -2.22. The Bertz CT molecular complexity index is 1350. The van der Waals surface area contributed by atoms with Gasteiger partial charge in [0.15, 0.2) is 0 Å². The van der Waals surface area contributed by atoms with Gasteiger partial charge in [0.25, 0.3) is 11.8 Å². The molecule has 2 aliphatic heterocycles. The number of carbonyl (C=O) groups is 2. The molecule has 1 atom stereocenters. The number of aromatic nitrogens is 3. The SMILES string of the molecule is O=C1NCCc2c1sc1ccc(C(=O)N3CCC[C@H]3c3nc(-c4ccccn4)no3)cc21. The van der Waals surface area contributed by atoms with Crippen molar-refractivity contribution in [1.82, 2.24) is 25.3 Å². The molecule has 1 saturated heterocycles. The van der Waals surface area contributed by atoms with Crippen LogP contribution < -0.4 is 5.32 Å². The summed E-state index contributed by atoms with van der Waals surface area (Å²) in [4.78, 5) is 37.0. The molecule has 1 N–H and O–H groups in total. The fraction of sp³-hybridized carbons (Fsp3) is 0.261. The predicted molar refractivity (Wildman–Crippen MR) is 118 cm³/mol. The lowest BCUT2D eigenvalue weighted by molar-refractivity contribution is 0.0710. The number of hydrogen-bond acceptors (Lipinski definition) is 7. The Morgan fingerprint density at radius 1 is 1.25 bits per heavy atom. The standard InChI is InChI=1S/C23H19N5O3S/c29-21-19-14(8-10-25-21)15-12-13(6-7-18(15)32-19)23(30)28-11-3-5-17(28)22-26-20(27-31-22)16-4-1-2-9-24-16/h1-2,4,6-7,9,12,17H,3,5,8,10-11H2,(H,25,29)/t17-/m0/s1. The van der Waals surface area contributed by atoms with E-state index in [1.807, 2.05) is 41.3 Å². The van der Waals surface area contributed by atoms with Crippen molar-refractivity contribution in [2.45, 2.75) is 25.3 Å². The van der Waals surface area contributed by atoms with Gasteiger partial charge in [-0.05, 0) is 60.5 Å². The maximum atomic E-state index is 13.5. The van der Waals surface area contributed by atoms with E-state index in [9.17, 15) is 9.59 Å². The Morgan fingerprint density at radius 3 is 3.06 bits per heavy atom. The number of benzene rings is 1. The number of nitrogens with zero attached hydrogens (tertiary/aromatic N) is 4. The van der Waals surface area contributed by atoms with Crippen LogP contribution in [0.25, 0.3) is 21.6 Å². The van der Waals surface area contributed by atoms with Crippen LogP contribution in [0.4, 0.5) is 0 Å². The number of hydrogen-bond donors (Lipinski definition) is 1. The monoisotopic (exact) mass is 445 g/mol. The van der Waals surface area contributed by atoms with Gasteiger partial charge in [-0.2, -0.15) is 4.98 Å². The zero-order valence-corrected chi connectivity index (χ0v) is 17.9. The lowest BCUT2D eigenvalue weighted by Crippen LogP contribution is -2.31. The average molecular weight is 446 g/mol. The second kappa shape index (κ2) is 7.52. The molecule has 0 unspecified atom stereocenters. The molecule has 0 bridgehead atoms. The molecule has 0 radical (unpaired) electrons. The minimum atomic E-state index is -0.259. The molecule has 9 heteroatoms. The average Bonchev–Trinajstić information content (AvgIpc) is 3.57. The van der Waals surface area contributed by atoms with Crippen molar-refractivity contribution in [2.75, 3.05) is 13.1 Å². The molecule has 4 aromatic rings. The van der Waals surface area contributed by atoms with Crippen molar-refractivity contribution in [1.29, 1.82) is 0 Å². The molecule has 32 heavy (non-hydrogen) atoms. The first-order chi connectivity index (χ1) is 15.7. The summed E-state index contributed by atoms with van der Waals surface area (Å²) in [6.07, 6.45) is 4.10. The molecule has 1 aromatic carbocycles. The quantitative estimate of drug-likeness (QED) is 0.517. The number of nitrogens with one attached hydrogen (secondary N) is 1. The van der Waals surface area contributed by atoms with Crippen LogP contribution in [-0.2, 0) is 6.42 Å². The van der Waals surface area contributed by atoms with Crippen LogP contribution in [0.3, 0.4) is 0 Å². The van der Waals surface area contributed by atoms with Crippen LogP contribution in [0.2, 0.25) is 0 Å². The third kappa shape index (κ3) is 3.08. The van der Waals surface area contributed by atoms with Gasteiger partial charge in [0.1, 0.15) is 11.7 Å². The van der Waals surface area contributed by atoms with Crippen molar-refractivity contribution in [3.63, 3.8) is 0 Å². The predicted octanol–water partition coefficient (Wildman–Crippen LogP) is 3.61. The summed E-state index contributed by atoms with van der Waals surface area (Å²) < 4.78 is 6.55. The maximum absolute atomic E-state index is 13.5. The second-order valence-corrected chi connectivity index (χ2v) is 9.01. The van der Waals surface area contributed by atoms with Crippen LogP contribution in [-0.4, -0.2) is 44.9 Å². The summed E-state index contributed by atoms with van der Waals surface area (Å²) in [7, 11) is 0. The zero-order chi connectivity index (χ0) is 21.7. The van der Waals surface area contributed by atoms with E-state index >= 15 is 0 Å². The molecular formula is C23H19N5O3S. The fourth-order valence-electron chi connectivity index (χ4n) is 4.50. The van der Waals surface area contributed by atoms with E-state index in [0.29, 0.717) is 36.1 Å². The molecule has 5 heterocycles. The molecule has 8 nitrogen and oxygen atoms in total. The van der Waals surface area contributed by atoms with E-state index in [1.165, 1.54) is 11.3 Å². The summed E-state index contributed by atoms with van der Waals surface area (Å²) in [6.45, 7) is 1.26. The van der Waals surface area contributed by atoms with Crippen LogP contribution >= 0.6 is 11.3 Å². The maximum Gasteiger partial charge on any atom is 0.261 e. The number of fused-ring (bicyclic) bond motifs is 3. The first-order valence-corrected chi connectivity index (χ1v) is 11.4. The number of thiophene rings is 1. The number of rotatable bonds is 3. The Kier molecular flexibility index (Phi) is 4.50. The summed E-state index contributed by atoms with van der Waals surface area (Å²) in [5.74, 6) is 0.763. The highest BCUT2D eigenvalue weighted by Crippen LogP contribution is 2.36. The van der Waals surface area contributed by atoms with Crippen molar-refractivity contribution in [3.05, 3.63) is 64.5 Å². The van der Waals surface area contributed by atoms with Gasteiger partial charge in [0.05, 0.1) is 4.88 Å². The first kappa shape index (κ1) is 19.1. The van der Waals surface area contributed by atoms with Crippen molar-refractivity contribution < 1.29 is 14.1 Å². The van der Waals surface area contributed by atoms with Gasteiger partial charge in [-0.25, -0.2) is 0 Å². The fourth-order valence-corrected chi connectivity index (χ4v) is 5.64. The van der Waals surface area contributed by atoms with E-state index < -0.39 is 0 Å². The Hall–Kier alpha value is -3.59. The molecule has 3 aromatic heterocycles. The van der Waals surface area contributed by atoms with E-state index in [1.54, 1.807) is 6.20 Å². The Labute approximate surface area is 187 Å². The van der Waals surface area contributed by atoms with Gasteiger partial charge in [-0.3, -0.25) is 14.6 Å². The van der Waals surface area contributed by atoms with Gasteiger partial charge in [-0.15, -0.1) is 11.3 Å². The number of likely N-dealkylation sites (tertiary alicyclic amines) is 1. The van der Waals surface area contributed by atoms with Crippen molar-refractivity contribution in [2.24, 2.45) is 0 Å². The van der Waals surface area contributed by atoms with Crippen molar-refractivity contribution in [3.8, 4) is 11.5 Å². The molecule has 2 amide bonds. The third-order valence-electron chi connectivity index (χ3n) is 6.04. The van der Waals surface area contributed by atoms with E-state index in [2.05, 4.69) is 20.4 Å². The Morgan fingerprint density at radius 2 is 2.19 bits per heavy atom. The number of amides is 2. The molecule has 160 valence electrons. The lowest BCUT2D eigenvalue weighted by atomic mass is 10.0. The molecule has 2 aliphatic rings. The van der Waals surface area contributed by atoms with Gasteiger partial charge in [0, 0.05) is 29.5 Å². The molecular weight excluding hydrogens is 426 g/mol. The van der Waals surface area contributed by atoms with Crippen molar-refractivity contribution >= 4 is 33.2 Å². The molecule has 1 fully saturated rings. The summed E-state index contributed by atoms with van der Waals surface area (Å²) in [6, 6.07) is 11.0. The topological polar surface area (TPSA) is 101 Å². The van der Waals surface area contributed by atoms with E-state index in [-0.39, 0.29) is 17.9 Å². The summed E-state index contributed by atoms with van der Waals surface area (Å²) in [5.41, 5.74) is 2.29. The van der Waals surface area contributed by atoms with Crippen LogP contribution in [0.5, 0.6) is 0 Å². The second-order valence-electron chi connectivity index (χ2n) is 7.95. The highest BCUT2D eigenvalue weighted by molar-refractivity contribution is 7.21.